The van der Waals surface area contributed by atoms with Gasteiger partial charge < -0.3 is 10.4 Å². The molecular weight excluding hydrogens is 292 g/mol. The minimum Gasteiger partial charge on any atom is -0.478 e. The summed E-state index contributed by atoms with van der Waals surface area (Å²) < 4.78 is 0. The van der Waals surface area contributed by atoms with Crippen molar-refractivity contribution in [3.8, 4) is 0 Å². The van der Waals surface area contributed by atoms with E-state index in [1.807, 2.05) is 11.8 Å². The second-order valence-corrected chi connectivity index (χ2v) is 6.49. The van der Waals surface area contributed by atoms with Gasteiger partial charge in [-0.3, -0.25) is 10.1 Å². The first kappa shape index (κ1) is 15.6. The minimum absolute atomic E-state index is 0.0563. The lowest BCUT2D eigenvalue weighted by Crippen LogP contribution is -2.26. The smallest absolute Gasteiger partial charge is 0.335 e. The number of rotatable bonds is 6. The first-order chi connectivity index (χ1) is 10.0. The normalized spacial score (nSPS) is 21.2. The second-order valence-electron chi connectivity index (χ2n) is 4.97. The van der Waals surface area contributed by atoms with E-state index in [0.29, 0.717) is 10.9 Å². The van der Waals surface area contributed by atoms with Gasteiger partial charge in [0.15, 0.2) is 0 Å². The van der Waals surface area contributed by atoms with Crippen LogP contribution in [-0.2, 0) is 0 Å². The monoisotopic (exact) mass is 310 g/mol. The Morgan fingerprint density at radius 1 is 1.52 bits per heavy atom. The van der Waals surface area contributed by atoms with Crippen LogP contribution in [0.4, 0.5) is 11.4 Å². The summed E-state index contributed by atoms with van der Waals surface area (Å²) in [6.07, 6.45) is 3.12. The SMILES string of the molecule is CCSC1CCCC1Nc1cc(C(=O)O)ccc1[N+](=O)[O-]. The molecule has 1 aromatic carbocycles. The van der Waals surface area contributed by atoms with Crippen LogP contribution in [0.5, 0.6) is 0 Å². The van der Waals surface area contributed by atoms with Crippen molar-refractivity contribution in [2.24, 2.45) is 0 Å². The molecule has 2 rings (SSSR count). The summed E-state index contributed by atoms with van der Waals surface area (Å²) in [5.74, 6) is -0.0843. The van der Waals surface area contributed by atoms with Crippen LogP contribution in [0.2, 0.25) is 0 Å². The first-order valence-electron chi connectivity index (χ1n) is 6.92. The summed E-state index contributed by atoms with van der Waals surface area (Å²) in [6, 6.07) is 4.02. The Morgan fingerprint density at radius 3 is 2.90 bits per heavy atom. The van der Waals surface area contributed by atoms with Gasteiger partial charge in [0, 0.05) is 17.4 Å². The first-order valence-corrected chi connectivity index (χ1v) is 7.97. The third-order valence-electron chi connectivity index (χ3n) is 3.61. The third-order valence-corrected chi connectivity index (χ3v) is 4.94. The molecule has 0 amide bonds. The van der Waals surface area contributed by atoms with Crippen molar-refractivity contribution in [2.45, 2.75) is 37.5 Å². The van der Waals surface area contributed by atoms with Gasteiger partial charge in [-0.25, -0.2) is 4.79 Å². The van der Waals surface area contributed by atoms with Crippen molar-refractivity contribution in [2.75, 3.05) is 11.1 Å². The van der Waals surface area contributed by atoms with Gasteiger partial charge in [-0.15, -0.1) is 0 Å². The zero-order valence-electron chi connectivity index (χ0n) is 11.7. The lowest BCUT2D eigenvalue weighted by atomic mass is 10.1. The number of nitrogens with zero attached hydrogens (tertiary/aromatic N) is 1. The molecular formula is C14H18N2O4S. The maximum absolute atomic E-state index is 11.1. The molecule has 0 spiro atoms. The molecule has 1 aromatic rings. The summed E-state index contributed by atoms with van der Waals surface area (Å²) in [6.45, 7) is 2.09. The Bertz CT molecular complexity index is 550. The number of nitro benzene ring substituents is 1. The molecule has 114 valence electrons. The van der Waals surface area contributed by atoms with Crippen LogP contribution in [0.3, 0.4) is 0 Å². The molecule has 2 N–H and O–H groups in total. The fourth-order valence-corrected chi connectivity index (χ4v) is 3.85. The largest absolute Gasteiger partial charge is 0.478 e. The molecule has 2 unspecified atom stereocenters. The third kappa shape index (κ3) is 3.66. The topological polar surface area (TPSA) is 92.5 Å². The van der Waals surface area contributed by atoms with Gasteiger partial charge >= 0.3 is 5.97 Å². The highest BCUT2D eigenvalue weighted by atomic mass is 32.2. The Kier molecular flexibility index (Phi) is 5.06. The van der Waals surface area contributed by atoms with E-state index in [4.69, 9.17) is 5.11 Å². The molecule has 0 radical (unpaired) electrons. The number of carbonyl (C=O) groups is 1. The van der Waals surface area contributed by atoms with E-state index in [9.17, 15) is 14.9 Å². The Hall–Kier alpha value is -1.76. The fourth-order valence-electron chi connectivity index (χ4n) is 2.65. The lowest BCUT2D eigenvalue weighted by molar-refractivity contribution is -0.384. The number of anilines is 1. The van der Waals surface area contributed by atoms with E-state index < -0.39 is 10.9 Å². The quantitative estimate of drug-likeness (QED) is 0.618. The van der Waals surface area contributed by atoms with Crippen LogP contribution in [0.25, 0.3) is 0 Å². The molecule has 0 saturated heterocycles. The van der Waals surface area contributed by atoms with Crippen LogP contribution in [0, 0.1) is 10.1 Å². The molecule has 7 heteroatoms. The average Bonchev–Trinajstić information content (AvgIpc) is 2.86. The average molecular weight is 310 g/mol. The zero-order chi connectivity index (χ0) is 15.4. The Labute approximate surface area is 127 Å². The summed E-state index contributed by atoms with van der Waals surface area (Å²) >= 11 is 1.84. The van der Waals surface area contributed by atoms with Crippen LogP contribution in [0.1, 0.15) is 36.5 Å². The predicted molar refractivity (Wildman–Crippen MR) is 83.2 cm³/mol. The van der Waals surface area contributed by atoms with Gasteiger partial charge in [-0.1, -0.05) is 13.3 Å². The number of hydrogen-bond donors (Lipinski definition) is 2. The van der Waals surface area contributed by atoms with Crippen LogP contribution < -0.4 is 5.32 Å². The Balaban J connectivity index is 2.26. The molecule has 1 fully saturated rings. The number of carboxylic acid groups (broad SMARTS) is 1. The molecule has 21 heavy (non-hydrogen) atoms. The number of thioether (sulfide) groups is 1. The molecule has 0 bridgehead atoms. The molecule has 0 aromatic heterocycles. The second kappa shape index (κ2) is 6.80. The van der Waals surface area contributed by atoms with Crippen LogP contribution in [-0.4, -0.2) is 33.0 Å². The fraction of sp³-hybridized carbons (Fsp3) is 0.500. The number of benzene rings is 1. The summed E-state index contributed by atoms with van der Waals surface area (Å²) in [7, 11) is 0. The van der Waals surface area contributed by atoms with Gasteiger partial charge in [-0.05, 0) is 30.7 Å². The summed E-state index contributed by atoms with van der Waals surface area (Å²) in [4.78, 5) is 21.7. The lowest BCUT2D eigenvalue weighted by Gasteiger charge is -2.21. The van der Waals surface area contributed by atoms with E-state index in [2.05, 4.69) is 12.2 Å². The highest BCUT2D eigenvalue weighted by Crippen LogP contribution is 2.34. The van der Waals surface area contributed by atoms with Gasteiger partial charge in [0.2, 0.25) is 0 Å². The summed E-state index contributed by atoms with van der Waals surface area (Å²) in [5.41, 5.74) is 0.279. The number of carboxylic acids is 1. The van der Waals surface area contributed by atoms with Crippen LogP contribution in [0.15, 0.2) is 18.2 Å². The molecule has 0 aliphatic heterocycles. The Morgan fingerprint density at radius 2 is 2.29 bits per heavy atom. The van der Waals surface area contributed by atoms with E-state index in [1.165, 1.54) is 18.2 Å². The maximum atomic E-state index is 11.1. The van der Waals surface area contributed by atoms with Gasteiger partial charge in [0.05, 0.1) is 10.5 Å². The summed E-state index contributed by atoms with van der Waals surface area (Å²) in [5, 5.41) is 23.7. The van der Waals surface area contributed by atoms with Crippen molar-refractivity contribution in [3.63, 3.8) is 0 Å². The van der Waals surface area contributed by atoms with E-state index in [-0.39, 0.29) is 17.3 Å². The molecule has 2 atom stereocenters. The zero-order valence-corrected chi connectivity index (χ0v) is 12.6. The standard InChI is InChI=1S/C14H18N2O4S/c1-2-21-13-5-3-4-10(13)15-11-8-9(14(17)18)6-7-12(11)16(19)20/h6-8,10,13,15H,2-5H2,1H3,(H,17,18). The molecule has 1 saturated carbocycles. The minimum atomic E-state index is -1.08. The number of nitrogens with one attached hydrogen (secondary N) is 1. The van der Waals surface area contributed by atoms with Crippen molar-refractivity contribution < 1.29 is 14.8 Å². The van der Waals surface area contributed by atoms with Crippen molar-refractivity contribution in [1.29, 1.82) is 0 Å². The number of nitro groups is 1. The molecule has 1 aliphatic carbocycles. The van der Waals surface area contributed by atoms with Crippen molar-refractivity contribution >= 4 is 29.1 Å². The van der Waals surface area contributed by atoms with E-state index in [0.717, 1.165) is 25.0 Å². The van der Waals surface area contributed by atoms with Gasteiger partial charge in [0.1, 0.15) is 5.69 Å². The van der Waals surface area contributed by atoms with Crippen molar-refractivity contribution in [1.82, 2.24) is 0 Å². The van der Waals surface area contributed by atoms with E-state index in [1.54, 1.807) is 0 Å². The number of hydrogen-bond acceptors (Lipinski definition) is 5. The highest BCUT2D eigenvalue weighted by Gasteiger charge is 2.29. The van der Waals surface area contributed by atoms with Gasteiger partial charge in [-0.2, -0.15) is 11.8 Å². The van der Waals surface area contributed by atoms with Crippen LogP contribution >= 0.6 is 11.8 Å². The maximum Gasteiger partial charge on any atom is 0.335 e. The molecule has 0 heterocycles. The highest BCUT2D eigenvalue weighted by molar-refractivity contribution is 7.99. The predicted octanol–water partition coefficient (Wildman–Crippen LogP) is 3.38. The molecule has 1 aliphatic rings. The number of aromatic carboxylic acids is 1. The van der Waals surface area contributed by atoms with E-state index >= 15 is 0 Å². The van der Waals surface area contributed by atoms with Gasteiger partial charge in [0.25, 0.3) is 5.69 Å². The molecule has 6 nitrogen and oxygen atoms in total. The van der Waals surface area contributed by atoms with Crippen molar-refractivity contribution in [3.05, 3.63) is 33.9 Å².